The van der Waals surface area contributed by atoms with Crippen LogP contribution in [0.4, 0.5) is 0 Å². The molecule has 0 unspecified atom stereocenters. The van der Waals surface area contributed by atoms with E-state index in [0.717, 1.165) is 31.4 Å². The zero-order valence-electron chi connectivity index (χ0n) is 17.1. The minimum Gasteiger partial charge on any atom is -0.352 e. The Balaban J connectivity index is 1.76. The van der Waals surface area contributed by atoms with Crippen LogP contribution in [0.2, 0.25) is 5.15 Å². The molecule has 3 rings (SSSR count). The van der Waals surface area contributed by atoms with Gasteiger partial charge in [0, 0.05) is 11.6 Å². The Morgan fingerprint density at radius 2 is 1.93 bits per heavy atom. The summed E-state index contributed by atoms with van der Waals surface area (Å²) in [5.74, 6) is -0.393. The number of nitrogens with one attached hydrogen (secondary N) is 1. The van der Waals surface area contributed by atoms with Crippen LogP contribution < -0.4 is 5.32 Å². The van der Waals surface area contributed by atoms with Gasteiger partial charge in [-0.3, -0.25) is 4.79 Å². The summed E-state index contributed by atoms with van der Waals surface area (Å²) in [7, 11) is -3.74. The Bertz CT molecular complexity index is 973. The third-order valence-electron chi connectivity index (χ3n) is 5.82. The largest absolute Gasteiger partial charge is 0.352 e. The number of benzene rings is 1. The van der Waals surface area contributed by atoms with Crippen LogP contribution in [0.25, 0.3) is 5.69 Å². The first-order valence-corrected chi connectivity index (χ1v) is 12.1. The summed E-state index contributed by atoms with van der Waals surface area (Å²) in [6, 6.07) is 9.33. The number of rotatable bonds is 6. The quantitative estimate of drug-likeness (QED) is 0.744. The van der Waals surface area contributed by atoms with Gasteiger partial charge in [-0.2, -0.15) is 5.10 Å². The Morgan fingerprint density at radius 3 is 2.59 bits per heavy atom. The smallest absolute Gasteiger partial charge is 0.238 e. The van der Waals surface area contributed by atoms with Gasteiger partial charge >= 0.3 is 0 Å². The van der Waals surface area contributed by atoms with Gasteiger partial charge in [0.2, 0.25) is 5.91 Å². The number of hydrogen-bond donors (Lipinski definition) is 1. The van der Waals surface area contributed by atoms with E-state index < -0.39 is 21.0 Å². The lowest BCUT2D eigenvalue weighted by atomic mass is 9.86. The maximum absolute atomic E-state index is 13.0. The molecular weight excluding hydrogens is 410 g/mol. The molecule has 8 heteroatoms. The number of aryl methyl sites for hydroxylation is 1. The van der Waals surface area contributed by atoms with Crippen LogP contribution in [0.3, 0.4) is 0 Å². The van der Waals surface area contributed by atoms with Crippen molar-refractivity contribution in [3.8, 4) is 5.69 Å². The SMILES string of the molecule is Cc1nn(-c2ccccc2)c(Cl)c1CS(=O)(=O)[C@H](C)C(=O)N[C@@H]1CCCC[C@H]1C. The number of hydrogen-bond acceptors (Lipinski definition) is 4. The minimum absolute atomic E-state index is 0.0417. The van der Waals surface area contributed by atoms with Gasteiger partial charge in [0.05, 0.1) is 17.1 Å². The van der Waals surface area contributed by atoms with Gasteiger partial charge in [-0.25, -0.2) is 13.1 Å². The molecule has 1 amide bonds. The second kappa shape index (κ2) is 8.88. The zero-order valence-corrected chi connectivity index (χ0v) is 18.6. The highest BCUT2D eigenvalue weighted by Crippen LogP contribution is 2.27. The van der Waals surface area contributed by atoms with Crippen molar-refractivity contribution in [2.75, 3.05) is 0 Å². The first kappa shape index (κ1) is 21.8. The van der Waals surface area contributed by atoms with E-state index in [2.05, 4.69) is 17.3 Å². The van der Waals surface area contributed by atoms with Crippen molar-refractivity contribution in [3.63, 3.8) is 0 Å². The molecule has 1 fully saturated rings. The molecule has 3 atom stereocenters. The molecule has 158 valence electrons. The van der Waals surface area contributed by atoms with Gasteiger partial charge in [-0.05, 0) is 44.7 Å². The average molecular weight is 438 g/mol. The Labute approximate surface area is 177 Å². The van der Waals surface area contributed by atoms with Crippen molar-refractivity contribution in [1.29, 1.82) is 0 Å². The van der Waals surface area contributed by atoms with E-state index in [1.54, 1.807) is 6.92 Å². The fourth-order valence-corrected chi connectivity index (χ4v) is 5.57. The lowest BCUT2D eigenvalue weighted by molar-refractivity contribution is -0.121. The van der Waals surface area contributed by atoms with Crippen LogP contribution in [0, 0.1) is 12.8 Å². The zero-order chi connectivity index (χ0) is 21.2. The molecule has 1 aromatic carbocycles. The van der Waals surface area contributed by atoms with Crippen molar-refractivity contribution in [2.24, 2.45) is 5.92 Å². The van der Waals surface area contributed by atoms with Gasteiger partial charge in [-0.1, -0.05) is 49.6 Å². The highest BCUT2D eigenvalue weighted by molar-refractivity contribution is 7.92. The van der Waals surface area contributed by atoms with Crippen LogP contribution in [-0.2, 0) is 20.4 Å². The number of nitrogens with zero attached hydrogens (tertiary/aromatic N) is 2. The molecular formula is C21H28ClN3O3S. The summed E-state index contributed by atoms with van der Waals surface area (Å²) < 4.78 is 27.4. The molecule has 0 bridgehead atoms. The van der Waals surface area contributed by atoms with E-state index in [4.69, 9.17) is 11.6 Å². The van der Waals surface area contributed by atoms with Gasteiger partial charge in [0.15, 0.2) is 9.84 Å². The molecule has 1 aliphatic carbocycles. The first-order valence-electron chi connectivity index (χ1n) is 10.0. The predicted octanol–water partition coefficient (Wildman–Crippen LogP) is 3.83. The van der Waals surface area contributed by atoms with Crippen molar-refractivity contribution in [1.82, 2.24) is 15.1 Å². The van der Waals surface area contributed by atoms with Crippen molar-refractivity contribution in [3.05, 3.63) is 46.7 Å². The highest BCUT2D eigenvalue weighted by atomic mass is 35.5. The third kappa shape index (κ3) is 4.83. The van der Waals surface area contributed by atoms with Crippen molar-refractivity contribution < 1.29 is 13.2 Å². The molecule has 29 heavy (non-hydrogen) atoms. The fraction of sp³-hybridized carbons (Fsp3) is 0.524. The molecule has 1 saturated carbocycles. The van der Waals surface area contributed by atoms with E-state index >= 15 is 0 Å². The topological polar surface area (TPSA) is 81.1 Å². The number of carbonyl (C=O) groups is 1. The number of carbonyl (C=O) groups excluding carboxylic acids is 1. The summed E-state index contributed by atoms with van der Waals surface area (Å²) in [6.45, 7) is 5.28. The lowest BCUT2D eigenvalue weighted by Gasteiger charge is -2.30. The normalized spacial score (nSPS) is 21.0. The van der Waals surface area contributed by atoms with Gasteiger partial charge < -0.3 is 5.32 Å². The third-order valence-corrected chi connectivity index (χ3v) is 8.19. The number of aromatic nitrogens is 2. The molecule has 1 heterocycles. The molecule has 0 saturated heterocycles. The van der Waals surface area contributed by atoms with E-state index in [9.17, 15) is 13.2 Å². The Kier molecular flexibility index (Phi) is 6.69. The van der Waals surface area contributed by atoms with Crippen LogP contribution in [0.15, 0.2) is 30.3 Å². The van der Waals surface area contributed by atoms with E-state index in [-0.39, 0.29) is 16.9 Å². The maximum Gasteiger partial charge on any atom is 0.238 e. The second-order valence-corrected chi connectivity index (χ2v) is 10.6. The van der Waals surface area contributed by atoms with E-state index in [1.807, 2.05) is 30.3 Å². The molecule has 0 radical (unpaired) electrons. The molecule has 1 N–H and O–H groups in total. The van der Waals surface area contributed by atoms with Crippen molar-refractivity contribution in [2.45, 2.75) is 63.5 Å². The van der Waals surface area contributed by atoms with Gasteiger partial charge in [-0.15, -0.1) is 0 Å². The molecule has 0 spiro atoms. The van der Waals surface area contributed by atoms with Crippen LogP contribution in [0.5, 0.6) is 0 Å². The maximum atomic E-state index is 13.0. The lowest BCUT2D eigenvalue weighted by Crippen LogP contribution is -2.47. The number of sulfone groups is 1. The summed E-state index contributed by atoms with van der Waals surface area (Å²) in [5, 5.41) is 6.45. The van der Waals surface area contributed by atoms with E-state index in [1.165, 1.54) is 11.6 Å². The monoisotopic (exact) mass is 437 g/mol. The molecule has 0 aliphatic heterocycles. The summed E-state index contributed by atoms with van der Waals surface area (Å²) in [6.07, 6.45) is 4.17. The van der Waals surface area contributed by atoms with Gasteiger partial charge in [0.1, 0.15) is 10.4 Å². The van der Waals surface area contributed by atoms with Gasteiger partial charge in [0.25, 0.3) is 0 Å². The average Bonchev–Trinajstić information content (AvgIpc) is 2.97. The molecule has 1 aliphatic rings. The van der Waals surface area contributed by atoms with Crippen LogP contribution >= 0.6 is 11.6 Å². The first-order chi connectivity index (χ1) is 13.7. The van der Waals surface area contributed by atoms with Crippen molar-refractivity contribution >= 4 is 27.3 Å². The number of amides is 1. The van der Waals surface area contributed by atoms with Crippen LogP contribution in [-0.4, -0.2) is 35.4 Å². The predicted molar refractivity (Wildman–Crippen MR) is 115 cm³/mol. The molecule has 2 aromatic rings. The summed E-state index contributed by atoms with van der Waals surface area (Å²) in [4.78, 5) is 12.6. The Morgan fingerprint density at radius 1 is 1.28 bits per heavy atom. The standard InChI is InChI=1S/C21H28ClN3O3S/c1-14-9-7-8-12-19(14)23-21(26)16(3)29(27,28)13-18-15(2)24-25(20(18)22)17-10-5-4-6-11-17/h4-6,10-11,14,16,19H,7-9,12-13H2,1-3H3,(H,23,26)/t14-,16-,19-/m1/s1. The second-order valence-electron chi connectivity index (χ2n) is 7.93. The molecule has 6 nitrogen and oxygen atoms in total. The fourth-order valence-electron chi connectivity index (χ4n) is 3.76. The highest BCUT2D eigenvalue weighted by Gasteiger charge is 2.33. The minimum atomic E-state index is -3.74. The van der Waals surface area contributed by atoms with E-state index in [0.29, 0.717) is 17.2 Å². The summed E-state index contributed by atoms with van der Waals surface area (Å²) >= 11 is 6.46. The number of halogens is 1. The summed E-state index contributed by atoms with van der Waals surface area (Å²) in [5.41, 5.74) is 1.72. The molecule has 1 aromatic heterocycles. The van der Waals surface area contributed by atoms with Crippen LogP contribution in [0.1, 0.15) is 50.8 Å². The number of para-hydroxylation sites is 1. The Hall–Kier alpha value is -1.86.